The Labute approximate surface area is 149 Å². The molecule has 0 aliphatic heterocycles. The number of esters is 2. The van der Waals surface area contributed by atoms with Crippen LogP contribution in [0.25, 0.3) is 0 Å². The molecule has 1 amide bonds. The lowest BCUT2D eigenvalue weighted by Gasteiger charge is -2.08. The highest BCUT2D eigenvalue weighted by molar-refractivity contribution is 7.16. The van der Waals surface area contributed by atoms with Gasteiger partial charge in [-0.15, -0.1) is 11.3 Å². The van der Waals surface area contributed by atoms with Crippen LogP contribution in [0.2, 0.25) is 0 Å². The van der Waals surface area contributed by atoms with E-state index in [4.69, 9.17) is 9.47 Å². The first-order valence-electron chi connectivity index (χ1n) is 7.53. The maximum Gasteiger partial charge on any atom is 0.355 e. The summed E-state index contributed by atoms with van der Waals surface area (Å²) < 4.78 is 11.5. The van der Waals surface area contributed by atoms with Crippen LogP contribution in [0, 0.1) is 20.8 Å². The predicted molar refractivity (Wildman–Crippen MR) is 94.2 cm³/mol. The Morgan fingerprint density at radius 1 is 1.16 bits per heavy atom. The molecule has 2 aromatic heterocycles. The number of rotatable bonds is 5. The molecule has 0 saturated carbocycles. The number of nitrogens with one attached hydrogen (secondary N) is 1. The number of nitrogens with zero attached hydrogens (tertiary/aromatic N) is 1. The van der Waals surface area contributed by atoms with Gasteiger partial charge < -0.3 is 19.4 Å². The van der Waals surface area contributed by atoms with Crippen molar-refractivity contribution in [1.29, 1.82) is 0 Å². The lowest BCUT2D eigenvalue weighted by molar-refractivity contribution is -0.119. The van der Waals surface area contributed by atoms with Crippen molar-refractivity contribution in [3.63, 3.8) is 0 Å². The molecule has 25 heavy (non-hydrogen) atoms. The van der Waals surface area contributed by atoms with Crippen LogP contribution in [0.5, 0.6) is 0 Å². The fourth-order valence-electron chi connectivity index (χ4n) is 2.25. The highest BCUT2D eigenvalue weighted by atomic mass is 32.1. The summed E-state index contributed by atoms with van der Waals surface area (Å²) in [6.07, 6.45) is 0. The molecule has 134 valence electrons. The van der Waals surface area contributed by atoms with E-state index in [0.29, 0.717) is 16.3 Å². The number of carbonyl (C=O) groups is 3. The standard InChI is InChI=1S/C17H20N2O5S/c1-9-6-7-12(19(9)4)16(21)24-8-13(20)18-15-14(17(22)23-5)10(2)11(3)25-15/h6-7H,8H2,1-5H3,(H,18,20). The largest absolute Gasteiger partial charge is 0.465 e. The van der Waals surface area contributed by atoms with Gasteiger partial charge in [-0.2, -0.15) is 0 Å². The van der Waals surface area contributed by atoms with Gasteiger partial charge in [-0.05, 0) is 38.5 Å². The van der Waals surface area contributed by atoms with Crippen molar-refractivity contribution in [2.24, 2.45) is 7.05 Å². The minimum atomic E-state index is -0.586. The average Bonchev–Trinajstić information content (AvgIpc) is 3.04. The summed E-state index contributed by atoms with van der Waals surface area (Å²) >= 11 is 1.27. The Kier molecular flexibility index (Phi) is 5.63. The molecule has 0 aliphatic carbocycles. The van der Waals surface area contributed by atoms with Gasteiger partial charge in [-0.1, -0.05) is 0 Å². The van der Waals surface area contributed by atoms with Crippen LogP contribution in [-0.2, 0) is 21.3 Å². The quantitative estimate of drug-likeness (QED) is 0.824. The zero-order valence-electron chi connectivity index (χ0n) is 14.8. The van der Waals surface area contributed by atoms with Gasteiger partial charge in [-0.3, -0.25) is 4.79 Å². The number of hydrogen-bond acceptors (Lipinski definition) is 6. The molecule has 1 N–H and O–H groups in total. The maximum atomic E-state index is 12.1. The number of aryl methyl sites for hydroxylation is 2. The third-order valence-corrected chi connectivity index (χ3v) is 5.07. The molecule has 0 unspecified atom stereocenters. The lowest BCUT2D eigenvalue weighted by Crippen LogP contribution is -2.22. The fourth-order valence-corrected chi connectivity index (χ4v) is 3.31. The van der Waals surface area contributed by atoms with Crippen LogP contribution in [0.1, 0.15) is 37.0 Å². The minimum absolute atomic E-state index is 0.322. The summed E-state index contributed by atoms with van der Waals surface area (Å²) in [5, 5.41) is 3.00. The van der Waals surface area contributed by atoms with E-state index in [1.807, 2.05) is 13.8 Å². The molecule has 0 bridgehead atoms. The summed E-state index contributed by atoms with van der Waals surface area (Å²) in [6.45, 7) is 5.05. The van der Waals surface area contributed by atoms with E-state index in [0.717, 1.165) is 16.1 Å². The molecular weight excluding hydrogens is 344 g/mol. The third kappa shape index (κ3) is 3.90. The molecule has 0 spiro atoms. The van der Waals surface area contributed by atoms with Crippen LogP contribution in [-0.4, -0.2) is 36.1 Å². The van der Waals surface area contributed by atoms with Crippen LogP contribution in [0.15, 0.2) is 12.1 Å². The molecule has 2 rings (SSSR count). The number of hydrogen-bond donors (Lipinski definition) is 1. The highest BCUT2D eigenvalue weighted by Crippen LogP contribution is 2.32. The van der Waals surface area contributed by atoms with Crippen molar-refractivity contribution >= 4 is 34.2 Å². The van der Waals surface area contributed by atoms with E-state index < -0.39 is 24.5 Å². The van der Waals surface area contributed by atoms with Crippen LogP contribution < -0.4 is 5.32 Å². The van der Waals surface area contributed by atoms with E-state index in [1.54, 1.807) is 30.7 Å². The van der Waals surface area contributed by atoms with Gasteiger partial charge in [0.25, 0.3) is 5.91 Å². The molecule has 0 atom stereocenters. The second-order valence-electron chi connectivity index (χ2n) is 5.52. The number of anilines is 1. The van der Waals surface area contributed by atoms with Gasteiger partial charge in [0.05, 0.1) is 12.7 Å². The van der Waals surface area contributed by atoms with Gasteiger partial charge in [0.2, 0.25) is 0 Å². The minimum Gasteiger partial charge on any atom is -0.465 e. The fraction of sp³-hybridized carbons (Fsp3) is 0.353. The molecule has 0 aromatic carbocycles. The SMILES string of the molecule is COC(=O)c1c(NC(=O)COC(=O)c2ccc(C)n2C)sc(C)c1C. The number of methoxy groups -OCH3 is 1. The first-order valence-corrected chi connectivity index (χ1v) is 8.35. The van der Waals surface area contributed by atoms with Crippen LogP contribution in [0.3, 0.4) is 0 Å². The predicted octanol–water partition coefficient (Wildman–Crippen LogP) is 2.59. The van der Waals surface area contributed by atoms with Crippen molar-refractivity contribution in [3.8, 4) is 0 Å². The van der Waals surface area contributed by atoms with Crippen molar-refractivity contribution in [2.45, 2.75) is 20.8 Å². The summed E-state index contributed by atoms with van der Waals surface area (Å²) in [6, 6.07) is 3.42. The molecule has 7 nitrogen and oxygen atoms in total. The second-order valence-corrected chi connectivity index (χ2v) is 6.75. The molecule has 0 radical (unpaired) electrons. The topological polar surface area (TPSA) is 86.6 Å². The van der Waals surface area contributed by atoms with Crippen molar-refractivity contribution in [3.05, 3.63) is 39.5 Å². The Bertz CT molecular complexity index is 834. The number of thiophene rings is 1. The maximum absolute atomic E-state index is 12.1. The van der Waals surface area contributed by atoms with Gasteiger partial charge in [0, 0.05) is 17.6 Å². The van der Waals surface area contributed by atoms with Gasteiger partial charge in [0.1, 0.15) is 10.7 Å². The summed E-state index contributed by atoms with van der Waals surface area (Å²) in [4.78, 5) is 36.9. The molecule has 8 heteroatoms. The van der Waals surface area contributed by atoms with Crippen molar-refractivity contribution < 1.29 is 23.9 Å². The number of aromatic nitrogens is 1. The van der Waals surface area contributed by atoms with Crippen molar-refractivity contribution in [1.82, 2.24) is 4.57 Å². The number of amides is 1. The summed E-state index contributed by atoms with van der Waals surface area (Å²) in [7, 11) is 3.02. The smallest absolute Gasteiger partial charge is 0.355 e. The monoisotopic (exact) mass is 364 g/mol. The Morgan fingerprint density at radius 2 is 1.84 bits per heavy atom. The Hall–Kier alpha value is -2.61. The first kappa shape index (κ1) is 18.7. The molecular formula is C17H20N2O5S. The van der Waals surface area contributed by atoms with E-state index in [9.17, 15) is 14.4 Å². The molecule has 0 fully saturated rings. The van der Waals surface area contributed by atoms with Crippen LogP contribution >= 0.6 is 11.3 Å². The zero-order valence-corrected chi connectivity index (χ0v) is 15.6. The van der Waals surface area contributed by atoms with Gasteiger partial charge >= 0.3 is 11.9 Å². The molecule has 0 aliphatic rings. The average molecular weight is 364 g/mol. The van der Waals surface area contributed by atoms with Crippen LogP contribution in [0.4, 0.5) is 5.00 Å². The first-order chi connectivity index (χ1) is 11.8. The Morgan fingerprint density at radius 3 is 2.40 bits per heavy atom. The summed E-state index contributed by atoms with van der Waals surface area (Å²) in [5.74, 6) is -1.63. The van der Waals surface area contributed by atoms with E-state index in [1.165, 1.54) is 18.4 Å². The van der Waals surface area contributed by atoms with E-state index in [2.05, 4.69) is 5.32 Å². The van der Waals surface area contributed by atoms with Crippen molar-refractivity contribution in [2.75, 3.05) is 19.0 Å². The lowest BCUT2D eigenvalue weighted by atomic mass is 10.1. The normalized spacial score (nSPS) is 10.4. The van der Waals surface area contributed by atoms with Gasteiger partial charge in [-0.25, -0.2) is 9.59 Å². The highest BCUT2D eigenvalue weighted by Gasteiger charge is 2.22. The number of carbonyl (C=O) groups excluding carboxylic acids is 3. The molecule has 2 aromatic rings. The Balaban J connectivity index is 2.04. The summed E-state index contributed by atoms with van der Waals surface area (Å²) in [5.41, 5.74) is 2.35. The van der Waals surface area contributed by atoms with E-state index in [-0.39, 0.29) is 0 Å². The number of ether oxygens (including phenoxy) is 2. The van der Waals surface area contributed by atoms with E-state index >= 15 is 0 Å². The molecule has 0 saturated heterocycles. The zero-order chi connectivity index (χ0) is 18.7. The third-order valence-electron chi connectivity index (χ3n) is 3.94. The second kappa shape index (κ2) is 7.52. The van der Waals surface area contributed by atoms with Gasteiger partial charge in [0.15, 0.2) is 6.61 Å². The molecule has 2 heterocycles.